The molecule has 0 saturated carbocycles. The average Bonchev–Trinajstić information content (AvgIpc) is 1.16. The van der Waals surface area contributed by atoms with Crippen molar-refractivity contribution in [3.8, 4) is 0 Å². The highest BCUT2D eigenvalue weighted by Gasteiger charge is 2.22. The number of quaternary nitrogens is 1. The number of hydrogen-bond donors (Lipinski definition) is 0. The van der Waals surface area contributed by atoms with Crippen LogP contribution >= 0.6 is 0 Å². The zero-order valence-electron chi connectivity index (χ0n) is 67.7. The molecule has 9 nitrogen and oxygen atoms in total. The second-order valence-electron chi connectivity index (χ2n) is 29.7. The summed E-state index contributed by atoms with van der Waals surface area (Å²) in [6.45, 7) is 4.56. The Hall–Kier alpha value is -4.83. The molecule has 0 spiro atoms. The van der Waals surface area contributed by atoms with Gasteiger partial charge in [-0.1, -0.05) is 391 Å². The third kappa shape index (κ3) is 84.3. The van der Waals surface area contributed by atoms with E-state index in [0.29, 0.717) is 23.9 Å². The van der Waals surface area contributed by atoms with E-state index in [2.05, 4.69) is 160 Å². The minimum atomic E-state index is -1.63. The Labute approximate surface area is 636 Å². The van der Waals surface area contributed by atoms with Crippen molar-refractivity contribution in [2.75, 3.05) is 47.5 Å². The highest BCUT2D eigenvalue weighted by atomic mass is 16.7. The van der Waals surface area contributed by atoms with Gasteiger partial charge in [-0.3, -0.25) is 9.59 Å². The lowest BCUT2D eigenvalue weighted by molar-refractivity contribution is -0.870. The van der Waals surface area contributed by atoms with Crippen molar-refractivity contribution in [3.05, 3.63) is 146 Å². The van der Waals surface area contributed by atoms with E-state index in [1.807, 2.05) is 21.1 Å². The number of unbranched alkanes of at least 4 members (excludes halogenated alkanes) is 40. The molecule has 0 heterocycles. The third-order valence-corrected chi connectivity index (χ3v) is 18.6. The van der Waals surface area contributed by atoms with E-state index in [1.165, 1.54) is 225 Å². The highest BCUT2D eigenvalue weighted by molar-refractivity contribution is 5.70. The van der Waals surface area contributed by atoms with Gasteiger partial charge in [0, 0.05) is 12.8 Å². The van der Waals surface area contributed by atoms with E-state index in [4.69, 9.17) is 18.9 Å². The van der Waals surface area contributed by atoms with Crippen LogP contribution in [-0.4, -0.2) is 82.3 Å². The molecule has 0 fully saturated rings. The van der Waals surface area contributed by atoms with Gasteiger partial charge in [-0.05, 0) is 116 Å². The Morgan fingerprint density at radius 1 is 0.291 bits per heavy atom. The predicted octanol–water partition coefficient (Wildman–Crippen LogP) is 26.8. The number of allylic oxidation sites excluding steroid dienone is 24. The molecular weight excluding hydrogens is 1270 g/mol. The molecule has 0 saturated heterocycles. The number of aliphatic carboxylic acids is 1. The first-order chi connectivity index (χ1) is 50.6. The first-order valence-electron chi connectivity index (χ1n) is 43.0. The third-order valence-electron chi connectivity index (χ3n) is 18.6. The van der Waals surface area contributed by atoms with Crippen molar-refractivity contribution in [2.24, 2.45) is 0 Å². The van der Waals surface area contributed by atoms with E-state index >= 15 is 0 Å². The smallest absolute Gasteiger partial charge is 0.306 e. The number of hydrogen-bond acceptors (Lipinski definition) is 8. The van der Waals surface area contributed by atoms with Crippen LogP contribution in [0.4, 0.5) is 0 Å². The maximum Gasteiger partial charge on any atom is 0.306 e. The Bertz CT molecular complexity index is 2220. The molecule has 0 aromatic rings. The molecule has 0 aliphatic rings. The first-order valence-corrected chi connectivity index (χ1v) is 43.0. The number of esters is 2. The Balaban J connectivity index is 3.97. The van der Waals surface area contributed by atoms with Crippen molar-refractivity contribution in [3.63, 3.8) is 0 Å². The Morgan fingerprint density at radius 3 is 0.777 bits per heavy atom. The fourth-order valence-electron chi connectivity index (χ4n) is 12.1. The average molecular weight is 1430 g/mol. The normalized spacial score (nSPS) is 13.4. The number of ether oxygens (including phenoxy) is 4. The van der Waals surface area contributed by atoms with Crippen LogP contribution in [0.1, 0.15) is 373 Å². The van der Waals surface area contributed by atoms with Crippen molar-refractivity contribution < 1.29 is 42.9 Å². The van der Waals surface area contributed by atoms with Crippen LogP contribution in [0.2, 0.25) is 0 Å². The van der Waals surface area contributed by atoms with E-state index in [-0.39, 0.29) is 32.2 Å². The molecule has 2 atom stereocenters. The van der Waals surface area contributed by atoms with Gasteiger partial charge in [0.25, 0.3) is 0 Å². The molecular formula is C94H161NO8. The van der Waals surface area contributed by atoms with Crippen LogP contribution in [0.3, 0.4) is 0 Å². The van der Waals surface area contributed by atoms with Crippen molar-refractivity contribution in [1.82, 2.24) is 0 Å². The Morgan fingerprint density at radius 2 is 0.524 bits per heavy atom. The van der Waals surface area contributed by atoms with Gasteiger partial charge in [-0.25, -0.2) is 0 Å². The van der Waals surface area contributed by atoms with Gasteiger partial charge >= 0.3 is 11.9 Å². The minimum Gasteiger partial charge on any atom is -0.545 e. The fraction of sp³-hybridized carbons (Fsp3) is 0.713. The summed E-state index contributed by atoms with van der Waals surface area (Å²) in [7, 11) is 5.94. The molecule has 0 amide bonds. The number of carbonyl (C=O) groups excluding carboxylic acids is 3. The van der Waals surface area contributed by atoms with Crippen LogP contribution in [0.25, 0.3) is 0 Å². The van der Waals surface area contributed by atoms with E-state index in [0.717, 1.165) is 116 Å². The molecule has 0 rings (SSSR count). The van der Waals surface area contributed by atoms with Crippen LogP contribution in [0.15, 0.2) is 146 Å². The second kappa shape index (κ2) is 82.8. The highest BCUT2D eigenvalue weighted by Crippen LogP contribution is 2.19. The number of carboxylic acids is 1. The summed E-state index contributed by atoms with van der Waals surface area (Å²) in [5, 5.41) is 11.9. The van der Waals surface area contributed by atoms with Crippen LogP contribution in [-0.2, 0) is 33.3 Å². The lowest BCUT2D eigenvalue weighted by Gasteiger charge is -2.26. The molecule has 103 heavy (non-hydrogen) atoms. The lowest BCUT2D eigenvalue weighted by Crippen LogP contribution is -2.44. The summed E-state index contributed by atoms with van der Waals surface area (Å²) in [6.07, 6.45) is 118. The summed E-state index contributed by atoms with van der Waals surface area (Å²) in [5.74, 6) is -2.27. The quantitative estimate of drug-likeness (QED) is 0.0195. The van der Waals surface area contributed by atoms with Gasteiger partial charge in [0.15, 0.2) is 12.4 Å². The van der Waals surface area contributed by atoms with Crippen LogP contribution in [0, 0.1) is 0 Å². The van der Waals surface area contributed by atoms with Gasteiger partial charge in [0.2, 0.25) is 0 Å². The van der Waals surface area contributed by atoms with Crippen LogP contribution < -0.4 is 5.11 Å². The number of likely N-dealkylation sites (N-methyl/N-ethyl adjacent to an activating group) is 1. The molecule has 2 unspecified atom stereocenters. The Kier molecular flexibility index (Phi) is 78.9. The number of carboxylic acid groups (broad SMARTS) is 1. The number of nitrogens with zero attached hydrogens (tertiary/aromatic N) is 1. The SMILES string of the molecule is CC/C=C\C/C=C\C/C=C\C/C=C\C/C=C\C/C=C\C/C=C\CCCCCCCCCCCCCCCCCC(=O)OC(COC(=O)CCCCCCCCCCCCCCCCCCCCCCCCCCC/C=C\C/C=C\C/C=C\C/C=C\C/C=C\CC)COC(OCC[N+](C)(C)C)C(=O)[O-]. The van der Waals surface area contributed by atoms with E-state index < -0.39 is 24.3 Å². The zero-order chi connectivity index (χ0) is 74.6. The van der Waals surface area contributed by atoms with Gasteiger partial charge in [0.1, 0.15) is 13.2 Å². The van der Waals surface area contributed by atoms with Gasteiger partial charge in [-0.2, -0.15) is 0 Å². The standard InChI is InChI=1S/C94H161NO8/c1-6-8-10-12-14-16-18-20-22-24-26-28-30-32-34-36-38-40-42-44-45-46-47-49-50-52-54-56-58-60-62-64-66-68-70-72-74-76-78-80-82-84-91(96)101-88-90(89-102-94(93(98)99)100-87-86-95(3,4)5)103-92(97)85-83-81-79-77-75-73-71-69-67-65-63-61-59-57-55-53-51-48-43-41-39-37-35-33-31-29-27-25-23-21-19-17-15-13-11-9-7-2/h8-11,14-17,20-23,26-29,32-35,39,41,48,51,90,94H,6-7,12-13,18-19,24-25,30-31,36-38,40,42-47,49-50,52-89H2,1-5H3/b10-8-,11-9-,16-14-,17-15-,22-20-,23-21-,28-26-,29-27-,34-32-,35-33-,41-39-,51-48-. The summed E-state index contributed by atoms with van der Waals surface area (Å²) in [5.41, 5.74) is 0. The molecule has 0 radical (unpaired) electrons. The van der Waals surface area contributed by atoms with Gasteiger partial charge in [-0.15, -0.1) is 0 Å². The maximum absolute atomic E-state index is 13.0. The van der Waals surface area contributed by atoms with E-state index in [9.17, 15) is 19.5 Å². The monoisotopic (exact) mass is 1430 g/mol. The van der Waals surface area contributed by atoms with E-state index in [1.54, 1.807) is 0 Å². The van der Waals surface area contributed by atoms with Crippen molar-refractivity contribution in [1.29, 1.82) is 0 Å². The molecule has 9 heteroatoms. The number of carbonyl (C=O) groups is 3. The second-order valence-corrected chi connectivity index (χ2v) is 29.7. The zero-order valence-corrected chi connectivity index (χ0v) is 67.7. The molecule has 590 valence electrons. The predicted molar refractivity (Wildman–Crippen MR) is 444 cm³/mol. The molecule has 0 aromatic carbocycles. The lowest BCUT2D eigenvalue weighted by atomic mass is 10.0. The summed E-state index contributed by atoms with van der Waals surface area (Å²) in [6, 6.07) is 0. The fourth-order valence-corrected chi connectivity index (χ4v) is 12.1. The van der Waals surface area contributed by atoms with Crippen LogP contribution in [0.5, 0.6) is 0 Å². The molecule has 0 aliphatic carbocycles. The maximum atomic E-state index is 13.0. The number of rotatable bonds is 79. The van der Waals surface area contributed by atoms with Crippen molar-refractivity contribution in [2.45, 2.75) is 386 Å². The topological polar surface area (TPSA) is 111 Å². The molecule has 0 N–H and O–H groups in total. The summed E-state index contributed by atoms with van der Waals surface area (Å²) < 4.78 is 22.9. The van der Waals surface area contributed by atoms with Gasteiger partial charge in [0.05, 0.1) is 40.3 Å². The molecule has 0 bridgehead atoms. The summed E-state index contributed by atoms with van der Waals surface area (Å²) >= 11 is 0. The largest absolute Gasteiger partial charge is 0.545 e. The molecule has 0 aliphatic heterocycles. The molecule has 0 aromatic heterocycles. The first kappa shape index (κ1) is 98.2. The van der Waals surface area contributed by atoms with Crippen molar-refractivity contribution >= 4 is 17.9 Å². The van der Waals surface area contributed by atoms with Gasteiger partial charge < -0.3 is 33.3 Å². The summed E-state index contributed by atoms with van der Waals surface area (Å²) in [4.78, 5) is 37.7. The minimum absolute atomic E-state index is 0.145.